The first kappa shape index (κ1) is 16.6. The molecule has 0 aromatic rings. The number of hydrogen-bond acceptors (Lipinski definition) is 5. The minimum absolute atomic E-state index is 0.0793. The minimum atomic E-state index is -0.528. The summed E-state index contributed by atoms with van der Waals surface area (Å²) in [6.45, 7) is 10.6. The molecule has 0 radical (unpaired) electrons. The number of oxime groups is 1. The van der Waals surface area contributed by atoms with E-state index in [2.05, 4.69) is 5.16 Å². The maximum atomic E-state index is 11.9. The number of amides is 1. The second-order valence-electron chi connectivity index (χ2n) is 6.69. The summed E-state index contributed by atoms with van der Waals surface area (Å²) in [4.78, 5) is 15.6. The van der Waals surface area contributed by atoms with E-state index in [0.717, 1.165) is 0 Å². The lowest BCUT2D eigenvalue weighted by Crippen LogP contribution is -2.68. The van der Waals surface area contributed by atoms with E-state index in [9.17, 15) is 4.79 Å². The molecular weight excluding hydrogens is 260 g/mol. The Kier molecular flexibility index (Phi) is 4.53. The maximum Gasteiger partial charge on any atom is 0.410 e. The van der Waals surface area contributed by atoms with E-state index < -0.39 is 11.1 Å². The molecule has 0 unspecified atom stereocenters. The number of nitrogens with two attached hydrogens (primary N) is 1. The molecule has 0 spiro atoms. The van der Waals surface area contributed by atoms with Gasteiger partial charge < -0.3 is 20.6 Å². The number of hydrogen-bond donors (Lipinski definition) is 2. The van der Waals surface area contributed by atoms with E-state index in [0.29, 0.717) is 13.1 Å². The van der Waals surface area contributed by atoms with Crippen molar-refractivity contribution < 1.29 is 14.7 Å². The van der Waals surface area contributed by atoms with Crippen molar-refractivity contribution in [1.29, 1.82) is 0 Å². The van der Waals surface area contributed by atoms with E-state index in [1.54, 1.807) is 11.9 Å². The smallest absolute Gasteiger partial charge is 0.410 e. The van der Waals surface area contributed by atoms with Gasteiger partial charge in [-0.25, -0.2) is 4.79 Å². The normalized spacial score (nSPS) is 18.6. The van der Waals surface area contributed by atoms with Crippen LogP contribution in [0.3, 0.4) is 0 Å². The lowest BCUT2D eigenvalue weighted by Gasteiger charge is -2.50. The van der Waals surface area contributed by atoms with Crippen LogP contribution in [0.5, 0.6) is 0 Å². The summed E-state index contributed by atoms with van der Waals surface area (Å²) in [6.07, 6.45) is -0.330. The topological polar surface area (TPSA) is 91.4 Å². The SMILES string of the molecule is CN(C(=O)OC(C)(C)C)C1CN(C(C)(C)/C(N)=N/O)C1. The van der Waals surface area contributed by atoms with Gasteiger partial charge >= 0.3 is 6.09 Å². The van der Waals surface area contributed by atoms with Gasteiger partial charge in [-0.15, -0.1) is 0 Å². The predicted molar refractivity (Wildman–Crippen MR) is 76.8 cm³/mol. The van der Waals surface area contributed by atoms with Crippen molar-refractivity contribution in [3.63, 3.8) is 0 Å². The fourth-order valence-electron chi connectivity index (χ4n) is 1.92. The molecule has 0 aromatic carbocycles. The Morgan fingerprint density at radius 1 is 1.35 bits per heavy atom. The quantitative estimate of drug-likeness (QED) is 0.350. The summed E-state index contributed by atoms with van der Waals surface area (Å²) in [7, 11) is 1.73. The van der Waals surface area contributed by atoms with Crippen LogP contribution in [0.2, 0.25) is 0 Å². The van der Waals surface area contributed by atoms with Gasteiger partial charge in [0.1, 0.15) is 5.60 Å². The molecule has 7 nitrogen and oxygen atoms in total. The molecule has 1 fully saturated rings. The molecule has 1 rings (SSSR count). The monoisotopic (exact) mass is 286 g/mol. The third-order valence-corrected chi connectivity index (χ3v) is 3.62. The third kappa shape index (κ3) is 3.53. The Bertz CT molecular complexity index is 395. The lowest BCUT2D eigenvalue weighted by atomic mass is 9.94. The van der Waals surface area contributed by atoms with Gasteiger partial charge in [-0.3, -0.25) is 4.90 Å². The first-order valence-electron chi connectivity index (χ1n) is 6.68. The number of likely N-dealkylation sites (tertiary alicyclic amines) is 1. The Labute approximate surface area is 120 Å². The molecule has 1 heterocycles. The molecule has 20 heavy (non-hydrogen) atoms. The molecule has 0 atom stereocenters. The minimum Gasteiger partial charge on any atom is -0.444 e. The Hall–Kier alpha value is -1.50. The molecule has 1 amide bonds. The highest BCUT2D eigenvalue weighted by atomic mass is 16.6. The molecule has 1 aliphatic heterocycles. The van der Waals surface area contributed by atoms with Crippen LogP contribution in [0.25, 0.3) is 0 Å². The van der Waals surface area contributed by atoms with Crippen LogP contribution in [0.1, 0.15) is 34.6 Å². The van der Waals surface area contributed by atoms with Crippen molar-refractivity contribution in [2.45, 2.75) is 51.8 Å². The van der Waals surface area contributed by atoms with E-state index >= 15 is 0 Å². The number of carbonyl (C=O) groups is 1. The van der Waals surface area contributed by atoms with E-state index in [4.69, 9.17) is 15.7 Å². The van der Waals surface area contributed by atoms with E-state index in [1.165, 1.54) is 0 Å². The largest absolute Gasteiger partial charge is 0.444 e. The highest BCUT2D eigenvalue weighted by molar-refractivity contribution is 5.88. The van der Waals surface area contributed by atoms with Crippen molar-refractivity contribution in [1.82, 2.24) is 9.80 Å². The Morgan fingerprint density at radius 3 is 2.25 bits per heavy atom. The predicted octanol–water partition coefficient (Wildman–Crippen LogP) is 1.06. The van der Waals surface area contributed by atoms with Crippen LogP contribution in [0.15, 0.2) is 5.16 Å². The molecule has 7 heteroatoms. The third-order valence-electron chi connectivity index (χ3n) is 3.62. The maximum absolute atomic E-state index is 11.9. The molecule has 0 aliphatic carbocycles. The summed E-state index contributed by atoms with van der Waals surface area (Å²) in [5.74, 6) is 0.163. The Balaban J connectivity index is 2.55. The van der Waals surface area contributed by atoms with E-state index in [-0.39, 0.29) is 18.0 Å². The van der Waals surface area contributed by atoms with Crippen molar-refractivity contribution in [2.24, 2.45) is 10.9 Å². The zero-order valence-corrected chi connectivity index (χ0v) is 13.2. The summed E-state index contributed by atoms with van der Waals surface area (Å²) >= 11 is 0. The molecule has 1 saturated heterocycles. The molecular formula is C13H26N4O3. The summed E-state index contributed by atoms with van der Waals surface area (Å²) < 4.78 is 5.33. The average molecular weight is 286 g/mol. The summed E-state index contributed by atoms with van der Waals surface area (Å²) in [5.41, 5.74) is 4.65. The van der Waals surface area contributed by atoms with Gasteiger partial charge in [0.2, 0.25) is 0 Å². The van der Waals surface area contributed by atoms with Crippen molar-refractivity contribution in [2.75, 3.05) is 20.1 Å². The van der Waals surface area contributed by atoms with Crippen LogP contribution >= 0.6 is 0 Å². The highest BCUT2D eigenvalue weighted by Crippen LogP contribution is 2.25. The molecule has 3 N–H and O–H groups in total. The second kappa shape index (κ2) is 5.47. The lowest BCUT2D eigenvalue weighted by molar-refractivity contribution is -0.0207. The van der Waals surface area contributed by atoms with E-state index in [1.807, 2.05) is 39.5 Å². The first-order valence-corrected chi connectivity index (χ1v) is 6.68. The van der Waals surface area contributed by atoms with Gasteiger partial charge in [-0.05, 0) is 34.6 Å². The molecule has 0 aromatic heterocycles. The number of nitrogens with zero attached hydrogens (tertiary/aromatic N) is 3. The van der Waals surface area contributed by atoms with Gasteiger partial charge in [0.25, 0.3) is 0 Å². The second-order valence-corrected chi connectivity index (χ2v) is 6.69. The van der Waals surface area contributed by atoms with Gasteiger partial charge in [0.05, 0.1) is 11.6 Å². The summed E-state index contributed by atoms with van der Waals surface area (Å²) in [5, 5.41) is 11.8. The van der Waals surface area contributed by atoms with Crippen molar-refractivity contribution in [3.05, 3.63) is 0 Å². The van der Waals surface area contributed by atoms with Crippen LogP contribution in [0.4, 0.5) is 4.79 Å². The van der Waals surface area contributed by atoms with Crippen LogP contribution in [0, 0.1) is 0 Å². The highest BCUT2D eigenvalue weighted by Gasteiger charge is 2.43. The fourth-order valence-corrected chi connectivity index (χ4v) is 1.92. The number of likely N-dealkylation sites (N-methyl/N-ethyl adjacent to an activating group) is 1. The van der Waals surface area contributed by atoms with Gasteiger partial charge in [-0.2, -0.15) is 0 Å². The number of rotatable bonds is 3. The zero-order valence-electron chi connectivity index (χ0n) is 13.2. The van der Waals surface area contributed by atoms with Crippen LogP contribution in [-0.2, 0) is 4.74 Å². The number of ether oxygens (including phenoxy) is 1. The van der Waals surface area contributed by atoms with Crippen LogP contribution in [-0.4, -0.2) is 64.3 Å². The molecule has 116 valence electrons. The standard InChI is InChI=1S/C13H26N4O3/c1-12(2,3)20-11(18)16(6)9-7-17(8-9)13(4,5)10(14)15-19/h9,19H,7-8H2,1-6H3,(H2,14,15). The van der Waals surface area contributed by atoms with Crippen LogP contribution < -0.4 is 5.73 Å². The number of carbonyl (C=O) groups excluding carboxylic acids is 1. The molecule has 0 saturated carbocycles. The number of amidine groups is 1. The van der Waals surface area contributed by atoms with Gasteiger partial charge in [0, 0.05) is 20.1 Å². The van der Waals surface area contributed by atoms with Gasteiger partial charge in [-0.1, -0.05) is 5.16 Å². The first-order chi connectivity index (χ1) is 8.99. The average Bonchev–Trinajstić information content (AvgIpc) is 2.22. The summed E-state index contributed by atoms with van der Waals surface area (Å²) in [6, 6.07) is 0.0793. The molecule has 1 aliphatic rings. The van der Waals surface area contributed by atoms with Crippen molar-refractivity contribution >= 4 is 11.9 Å². The van der Waals surface area contributed by atoms with Gasteiger partial charge in [0.15, 0.2) is 5.84 Å². The molecule has 0 bridgehead atoms. The fraction of sp³-hybridized carbons (Fsp3) is 0.846. The van der Waals surface area contributed by atoms with Crippen molar-refractivity contribution in [3.8, 4) is 0 Å². The Morgan fingerprint density at radius 2 is 1.85 bits per heavy atom. The zero-order chi connectivity index (χ0) is 15.7.